The van der Waals surface area contributed by atoms with Crippen LogP contribution < -0.4 is 4.74 Å². The van der Waals surface area contributed by atoms with Gasteiger partial charge in [0.2, 0.25) is 0 Å². The molecule has 3 heterocycles. The molecule has 0 unspecified atom stereocenters. The lowest BCUT2D eigenvalue weighted by molar-refractivity contribution is 0.145. The first-order valence-electron chi connectivity index (χ1n) is 9.35. The van der Waals surface area contributed by atoms with Crippen molar-refractivity contribution in [2.24, 2.45) is 0 Å². The van der Waals surface area contributed by atoms with Gasteiger partial charge in [0.05, 0.1) is 29.6 Å². The van der Waals surface area contributed by atoms with E-state index in [4.69, 9.17) is 9.47 Å². The van der Waals surface area contributed by atoms with Gasteiger partial charge in [0, 0.05) is 30.8 Å². The van der Waals surface area contributed by atoms with Crippen molar-refractivity contribution in [1.82, 2.24) is 15.0 Å². The molecule has 162 valence electrons. The zero-order valence-corrected chi connectivity index (χ0v) is 17.8. The normalized spacial score (nSPS) is 10.6. The van der Waals surface area contributed by atoms with Crippen molar-refractivity contribution in [3.8, 4) is 29.1 Å². The van der Waals surface area contributed by atoms with E-state index in [1.54, 1.807) is 37.7 Å². The maximum Gasteiger partial charge on any atom is 0.281 e. The van der Waals surface area contributed by atoms with Gasteiger partial charge < -0.3 is 9.47 Å². The Labute approximate surface area is 187 Å². The molecule has 0 bridgehead atoms. The Balaban J connectivity index is 2.06. The van der Waals surface area contributed by atoms with Crippen LogP contribution in [0.4, 0.5) is 8.78 Å². The molecule has 0 spiro atoms. The molecule has 0 amide bonds. The second-order valence-electron chi connectivity index (χ2n) is 6.32. The van der Waals surface area contributed by atoms with Gasteiger partial charge >= 0.3 is 0 Å². The van der Waals surface area contributed by atoms with Gasteiger partial charge in [-0.1, -0.05) is 6.07 Å². The fraction of sp³-hybridized carbons (Fsp3) is 0.227. The van der Waals surface area contributed by atoms with Crippen LogP contribution in [0.15, 0.2) is 47.9 Å². The summed E-state index contributed by atoms with van der Waals surface area (Å²) in [6, 6.07) is 10.5. The Morgan fingerprint density at radius 1 is 1.09 bits per heavy atom. The van der Waals surface area contributed by atoms with Gasteiger partial charge in [0.1, 0.15) is 35.2 Å². The monoisotopic (exact) mass is 453 g/mol. The third kappa shape index (κ3) is 5.35. The maximum absolute atomic E-state index is 13.8. The van der Waals surface area contributed by atoms with E-state index in [-0.39, 0.29) is 27.4 Å². The highest BCUT2D eigenvalue weighted by atomic mass is 32.2. The zero-order valence-electron chi connectivity index (χ0n) is 17.0. The number of alkyl halides is 2. The van der Waals surface area contributed by atoms with Crippen LogP contribution in [0, 0.1) is 22.7 Å². The minimum atomic E-state index is -2.99. The van der Waals surface area contributed by atoms with Crippen molar-refractivity contribution in [2.75, 3.05) is 20.3 Å². The lowest BCUT2D eigenvalue weighted by Crippen LogP contribution is -2.06. The topological polar surface area (TPSA) is 105 Å². The number of nitrogens with zero attached hydrogens (tertiary/aromatic N) is 5. The van der Waals surface area contributed by atoms with E-state index in [1.807, 2.05) is 12.1 Å². The molecule has 0 saturated heterocycles. The second-order valence-corrected chi connectivity index (χ2v) is 7.29. The third-order valence-electron chi connectivity index (χ3n) is 4.27. The first kappa shape index (κ1) is 23.1. The molecule has 0 aliphatic heterocycles. The first-order chi connectivity index (χ1) is 15.6. The Bertz CT molecular complexity index is 1150. The van der Waals surface area contributed by atoms with Gasteiger partial charge in [-0.05, 0) is 23.8 Å². The summed E-state index contributed by atoms with van der Waals surface area (Å²) in [6.07, 6.45) is 1.67. The number of hydrogen-bond acceptors (Lipinski definition) is 8. The second kappa shape index (κ2) is 11.1. The van der Waals surface area contributed by atoms with Crippen LogP contribution in [-0.4, -0.2) is 35.3 Å². The fourth-order valence-corrected chi connectivity index (χ4v) is 3.74. The van der Waals surface area contributed by atoms with E-state index in [2.05, 4.69) is 15.0 Å². The van der Waals surface area contributed by atoms with Gasteiger partial charge in [0.25, 0.3) is 6.43 Å². The largest absolute Gasteiger partial charge is 0.490 e. The molecule has 0 saturated carbocycles. The van der Waals surface area contributed by atoms with Gasteiger partial charge in [-0.25, -0.2) is 13.8 Å². The number of nitriles is 2. The minimum Gasteiger partial charge on any atom is -0.490 e. The van der Waals surface area contributed by atoms with Crippen molar-refractivity contribution in [3.63, 3.8) is 0 Å². The number of rotatable bonds is 9. The van der Waals surface area contributed by atoms with Crippen LogP contribution in [0.2, 0.25) is 0 Å². The predicted molar refractivity (Wildman–Crippen MR) is 113 cm³/mol. The van der Waals surface area contributed by atoms with Crippen molar-refractivity contribution < 1.29 is 18.3 Å². The average molecular weight is 453 g/mol. The number of halogens is 2. The summed E-state index contributed by atoms with van der Waals surface area (Å²) in [5, 5.41) is 19.5. The quantitative estimate of drug-likeness (QED) is 0.344. The molecule has 7 nitrogen and oxygen atoms in total. The predicted octanol–water partition coefficient (Wildman–Crippen LogP) is 4.54. The summed E-state index contributed by atoms with van der Waals surface area (Å²) in [7, 11) is 1.55. The molecule has 0 aliphatic rings. The number of aromatic nitrogens is 3. The molecule has 3 rings (SSSR count). The SMILES string of the molecule is COCCOc1ccc(-c2c(C#N)c(SCc3cccnc3)nc(C(F)F)c2C#N)nc1. The molecule has 0 aromatic carbocycles. The smallest absolute Gasteiger partial charge is 0.281 e. The van der Waals surface area contributed by atoms with Crippen LogP contribution in [0.25, 0.3) is 11.3 Å². The number of pyridine rings is 3. The van der Waals surface area contributed by atoms with Crippen molar-refractivity contribution >= 4 is 11.8 Å². The molecular formula is C22H17F2N5O2S. The lowest BCUT2D eigenvalue weighted by Gasteiger charge is -2.14. The van der Waals surface area contributed by atoms with E-state index < -0.39 is 12.1 Å². The van der Waals surface area contributed by atoms with E-state index in [9.17, 15) is 19.3 Å². The van der Waals surface area contributed by atoms with E-state index in [0.29, 0.717) is 24.7 Å². The van der Waals surface area contributed by atoms with E-state index in [0.717, 1.165) is 17.3 Å². The standard InChI is InChI=1S/C22H17F2N5O2S/c1-30-7-8-31-15-4-5-18(28-12-15)19-16(9-25)20(21(23)24)29-22(17(19)10-26)32-13-14-3-2-6-27-11-14/h2-6,11-12,21H,7-8,13H2,1H3. The fourth-order valence-electron chi connectivity index (χ4n) is 2.81. The average Bonchev–Trinajstić information content (AvgIpc) is 2.82. The highest BCUT2D eigenvalue weighted by molar-refractivity contribution is 7.98. The van der Waals surface area contributed by atoms with Gasteiger partial charge in [-0.3, -0.25) is 9.97 Å². The molecular weight excluding hydrogens is 436 g/mol. The van der Waals surface area contributed by atoms with Gasteiger partial charge in [0.15, 0.2) is 0 Å². The van der Waals surface area contributed by atoms with Crippen molar-refractivity contribution in [3.05, 3.63) is 65.2 Å². The third-order valence-corrected chi connectivity index (χ3v) is 5.32. The van der Waals surface area contributed by atoms with Crippen molar-refractivity contribution in [2.45, 2.75) is 17.2 Å². The number of thioether (sulfide) groups is 1. The minimum absolute atomic E-state index is 0.0143. The first-order valence-corrected chi connectivity index (χ1v) is 10.3. The Kier molecular flexibility index (Phi) is 8.03. The number of ether oxygens (including phenoxy) is 2. The molecule has 0 atom stereocenters. The molecule has 0 fully saturated rings. The van der Waals surface area contributed by atoms with Crippen molar-refractivity contribution in [1.29, 1.82) is 10.5 Å². The highest BCUT2D eigenvalue weighted by Crippen LogP contribution is 2.37. The summed E-state index contributed by atoms with van der Waals surface area (Å²) < 4.78 is 37.9. The van der Waals surface area contributed by atoms with Crippen LogP contribution in [0.3, 0.4) is 0 Å². The lowest BCUT2D eigenvalue weighted by atomic mass is 9.99. The number of methoxy groups -OCH3 is 1. The molecule has 0 radical (unpaired) electrons. The maximum atomic E-state index is 13.8. The Morgan fingerprint density at radius 2 is 1.91 bits per heavy atom. The molecule has 32 heavy (non-hydrogen) atoms. The van der Waals surface area contributed by atoms with Gasteiger partial charge in [-0.2, -0.15) is 10.5 Å². The summed E-state index contributed by atoms with van der Waals surface area (Å²) in [6.45, 7) is 0.697. The number of hydrogen-bond donors (Lipinski definition) is 0. The Hall–Kier alpha value is -3.60. The van der Waals surface area contributed by atoms with Crippen LogP contribution in [-0.2, 0) is 10.5 Å². The van der Waals surface area contributed by atoms with E-state index in [1.165, 1.54) is 12.3 Å². The van der Waals surface area contributed by atoms with Crippen LogP contribution >= 0.6 is 11.8 Å². The van der Waals surface area contributed by atoms with E-state index >= 15 is 0 Å². The molecule has 3 aromatic rings. The molecule has 3 aromatic heterocycles. The summed E-state index contributed by atoms with van der Waals surface area (Å²) in [5.74, 6) is 0.806. The zero-order chi connectivity index (χ0) is 22.9. The molecule has 10 heteroatoms. The Morgan fingerprint density at radius 3 is 2.50 bits per heavy atom. The highest BCUT2D eigenvalue weighted by Gasteiger charge is 2.26. The summed E-state index contributed by atoms with van der Waals surface area (Å²) in [5.41, 5.74) is 0.0196. The molecule has 0 N–H and O–H groups in total. The van der Waals surface area contributed by atoms with Gasteiger partial charge in [-0.15, -0.1) is 11.8 Å². The van der Waals surface area contributed by atoms with Crippen LogP contribution in [0.5, 0.6) is 5.75 Å². The van der Waals surface area contributed by atoms with Crippen LogP contribution in [0.1, 0.15) is 28.8 Å². The summed E-state index contributed by atoms with van der Waals surface area (Å²) >= 11 is 1.12. The molecule has 0 aliphatic carbocycles. The summed E-state index contributed by atoms with van der Waals surface area (Å²) in [4.78, 5) is 12.2.